The molecule has 1 N–H and O–H groups in total. The minimum atomic E-state index is -0.780. The van der Waals surface area contributed by atoms with Crippen LogP contribution in [-0.4, -0.2) is 36.5 Å². The molecule has 40 heavy (non-hydrogen) atoms. The molecule has 0 radical (unpaired) electrons. The molecule has 1 amide bonds. The first kappa shape index (κ1) is 28.9. The number of anilines is 2. The lowest BCUT2D eigenvalue weighted by Gasteiger charge is -2.27. The number of aryl methyl sites for hydroxylation is 1. The molecule has 0 bridgehead atoms. The van der Waals surface area contributed by atoms with E-state index in [0.717, 1.165) is 41.2 Å². The summed E-state index contributed by atoms with van der Waals surface area (Å²) in [6, 6.07) is 20.1. The molecule has 0 spiro atoms. The average Bonchev–Trinajstić information content (AvgIpc) is 3.19. The summed E-state index contributed by atoms with van der Waals surface area (Å²) in [5.74, 6) is -0.829. The van der Waals surface area contributed by atoms with Crippen molar-refractivity contribution in [3.63, 3.8) is 0 Å². The van der Waals surface area contributed by atoms with E-state index < -0.39 is 17.7 Å². The predicted molar refractivity (Wildman–Crippen MR) is 162 cm³/mol. The fourth-order valence-electron chi connectivity index (χ4n) is 5.35. The molecule has 1 aliphatic rings. The Hall–Kier alpha value is -4.06. The molecule has 1 aliphatic heterocycles. The molecule has 0 saturated carbocycles. The number of aliphatic hydroxyl groups is 1. The highest BCUT2D eigenvalue weighted by molar-refractivity contribution is 6.51. The Morgan fingerprint density at radius 2 is 1.62 bits per heavy atom. The van der Waals surface area contributed by atoms with E-state index in [1.165, 1.54) is 4.90 Å². The quantitative estimate of drug-likeness (QED) is 0.186. The first-order chi connectivity index (χ1) is 19.0. The van der Waals surface area contributed by atoms with Gasteiger partial charge in [0.25, 0.3) is 11.7 Å². The first-order valence-electron chi connectivity index (χ1n) is 14.0. The number of carbonyl (C=O) groups is 2. The van der Waals surface area contributed by atoms with Crippen LogP contribution in [-0.2, 0) is 15.0 Å². The summed E-state index contributed by atoms with van der Waals surface area (Å²) in [5, 5.41) is 11.7. The molecule has 0 aliphatic carbocycles. The third-order valence-electron chi connectivity index (χ3n) is 7.42. The summed E-state index contributed by atoms with van der Waals surface area (Å²) in [6.07, 6.45) is 0. The van der Waals surface area contributed by atoms with Crippen LogP contribution in [0.1, 0.15) is 69.8 Å². The molecule has 0 aromatic heterocycles. The molecule has 6 nitrogen and oxygen atoms in total. The number of rotatable bonds is 8. The van der Waals surface area contributed by atoms with Gasteiger partial charge in [-0.1, -0.05) is 45.0 Å². The number of hydrogen-bond acceptors (Lipinski definition) is 5. The fraction of sp³-hybridized carbons (Fsp3) is 0.353. The van der Waals surface area contributed by atoms with Gasteiger partial charge in [-0.15, -0.1) is 0 Å². The van der Waals surface area contributed by atoms with Gasteiger partial charge in [0.2, 0.25) is 0 Å². The molecule has 1 atom stereocenters. The highest BCUT2D eigenvalue weighted by Crippen LogP contribution is 2.43. The summed E-state index contributed by atoms with van der Waals surface area (Å²) >= 11 is 0. The summed E-state index contributed by atoms with van der Waals surface area (Å²) in [5.41, 5.74) is 4.58. The van der Waals surface area contributed by atoms with Crippen LogP contribution in [0.3, 0.4) is 0 Å². The van der Waals surface area contributed by atoms with Crippen LogP contribution in [0.15, 0.2) is 72.3 Å². The van der Waals surface area contributed by atoms with Crippen molar-refractivity contribution in [2.24, 2.45) is 0 Å². The van der Waals surface area contributed by atoms with Crippen molar-refractivity contribution in [2.45, 2.75) is 59.9 Å². The van der Waals surface area contributed by atoms with E-state index >= 15 is 0 Å². The smallest absolute Gasteiger partial charge is 0.300 e. The lowest BCUT2D eigenvalue weighted by atomic mass is 9.84. The summed E-state index contributed by atoms with van der Waals surface area (Å²) in [7, 11) is 0. The summed E-state index contributed by atoms with van der Waals surface area (Å²) < 4.78 is 5.86. The van der Waals surface area contributed by atoms with Crippen LogP contribution in [0.4, 0.5) is 11.4 Å². The van der Waals surface area contributed by atoms with E-state index in [1.54, 1.807) is 6.07 Å². The molecule has 1 heterocycles. The molecular weight excluding hydrogens is 500 g/mol. The second-order valence-electron chi connectivity index (χ2n) is 11.2. The lowest BCUT2D eigenvalue weighted by molar-refractivity contribution is -0.132. The molecule has 1 fully saturated rings. The molecule has 1 saturated heterocycles. The van der Waals surface area contributed by atoms with E-state index in [9.17, 15) is 14.7 Å². The van der Waals surface area contributed by atoms with Crippen molar-refractivity contribution in [3.8, 4) is 5.75 Å². The van der Waals surface area contributed by atoms with Crippen molar-refractivity contribution >= 4 is 28.8 Å². The van der Waals surface area contributed by atoms with Gasteiger partial charge in [-0.05, 0) is 86.7 Å². The Kier molecular flexibility index (Phi) is 8.38. The Morgan fingerprint density at radius 3 is 2.20 bits per heavy atom. The largest absolute Gasteiger partial charge is 0.507 e. The SMILES string of the molecule is CCOc1ccc(/C(O)=C2/C(=O)C(=O)N(c3cccc(C)c3)C2c2ccc(N(CC)CC)cc2)cc1C(C)(C)C. The fourth-order valence-corrected chi connectivity index (χ4v) is 5.35. The third-order valence-corrected chi connectivity index (χ3v) is 7.42. The van der Waals surface area contributed by atoms with Gasteiger partial charge < -0.3 is 14.7 Å². The van der Waals surface area contributed by atoms with Crippen LogP contribution in [0.5, 0.6) is 5.75 Å². The Labute approximate surface area is 237 Å². The second kappa shape index (κ2) is 11.6. The topological polar surface area (TPSA) is 70.1 Å². The lowest BCUT2D eigenvalue weighted by Crippen LogP contribution is -2.29. The van der Waals surface area contributed by atoms with Crippen LogP contribution < -0.4 is 14.5 Å². The second-order valence-corrected chi connectivity index (χ2v) is 11.2. The molecule has 1 unspecified atom stereocenters. The molecule has 4 rings (SSSR count). The molecule has 210 valence electrons. The van der Waals surface area contributed by atoms with Crippen molar-refractivity contribution in [1.29, 1.82) is 0 Å². The molecule has 6 heteroatoms. The van der Waals surface area contributed by atoms with Gasteiger partial charge in [-0.3, -0.25) is 14.5 Å². The van der Waals surface area contributed by atoms with E-state index in [-0.39, 0.29) is 16.7 Å². The number of carbonyl (C=O) groups excluding carboxylic acids is 2. The zero-order chi connectivity index (χ0) is 29.2. The number of Topliss-reactive ketones (excluding diaryl/α,β-unsaturated/α-hetero) is 1. The summed E-state index contributed by atoms with van der Waals surface area (Å²) in [4.78, 5) is 31.0. The minimum Gasteiger partial charge on any atom is -0.507 e. The van der Waals surface area contributed by atoms with Gasteiger partial charge >= 0.3 is 0 Å². The van der Waals surface area contributed by atoms with Crippen LogP contribution in [0, 0.1) is 6.92 Å². The van der Waals surface area contributed by atoms with E-state index in [0.29, 0.717) is 17.9 Å². The monoisotopic (exact) mass is 540 g/mol. The van der Waals surface area contributed by atoms with Crippen LogP contribution in [0.25, 0.3) is 5.76 Å². The maximum Gasteiger partial charge on any atom is 0.300 e. The van der Waals surface area contributed by atoms with Gasteiger partial charge in [-0.25, -0.2) is 0 Å². The highest BCUT2D eigenvalue weighted by atomic mass is 16.5. The standard InChI is InChI=1S/C34H40N2O4/c1-8-35(9-2)25-17-14-23(15-18-25)30-29(32(38)33(39)36(30)26-13-11-12-22(4)20-26)31(37)24-16-19-28(40-10-3)27(21-24)34(5,6)7/h11-21,30,37H,8-10H2,1-7H3/b31-29-. The van der Waals surface area contributed by atoms with Crippen molar-refractivity contribution in [3.05, 3.63) is 94.6 Å². The maximum atomic E-state index is 13.6. The Morgan fingerprint density at radius 1 is 0.950 bits per heavy atom. The zero-order valence-corrected chi connectivity index (χ0v) is 24.6. The Balaban J connectivity index is 1.93. The molecular formula is C34H40N2O4. The van der Waals surface area contributed by atoms with Gasteiger partial charge in [0.15, 0.2) is 0 Å². The zero-order valence-electron chi connectivity index (χ0n) is 24.6. The number of aliphatic hydroxyl groups excluding tert-OH is 1. The number of hydrogen-bond donors (Lipinski definition) is 1. The first-order valence-corrected chi connectivity index (χ1v) is 14.0. The van der Waals surface area contributed by atoms with E-state index in [1.807, 2.05) is 74.5 Å². The maximum absolute atomic E-state index is 13.6. The minimum absolute atomic E-state index is 0.0751. The van der Waals surface area contributed by atoms with Crippen molar-refractivity contribution in [2.75, 3.05) is 29.5 Å². The molecule has 3 aromatic rings. The number of amides is 1. The highest BCUT2D eigenvalue weighted by Gasteiger charge is 2.47. The van der Waals surface area contributed by atoms with Gasteiger partial charge in [-0.2, -0.15) is 0 Å². The summed E-state index contributed by atoms with van der Waals surface area (Å²) in [6.45, 7) is 16.5. The van der Waals surface area contributed by atoms with Crippen LogP contribution in [0.2, 0.25) is 0 Å². The van der Waals surface area contributed by atoms with Gasteiger partial charge in [0.1, 0.15) is 11.5 Å². The number of ketones is 1. The van der Waals surface area contributed by atoms with E-state index in [4.69, 9.17) is 4.74 Å². The normalized spacial score (nSPS) is 16.9. The number of nitrogens with zero attached hydrogens (tertiary/aromatic N) is 2. The average molecular weight is 541 g/mol. The molecule has 3 aromatic carbocycles. The third kappa shape index (κ3) is 5.48. The van der Waals surface area contributed by atoms with E-state index in [2.05, 4.69) is 39.5 Å². The van der Waals surface area contributed by atoms with Gasteiger partial charge in [0, 0.05) is 35.6 Å². The predicted octanol–water partition coefficient (Wildman–Crippen LogP) is 7.16. The van der Waals surface area contributed by atoms with Gasteiger partial charge in [0.05, 0.1) is 18.2 Å². The van der Waals surface area contributed by atoms with Crippen LogP contribution >= 0.6 is 0 Å². The number of ether oxygens (including phenoxy) is 1. The van der Waals surface area contributed by atoms with Crippen molar-refractivity contribution < 1.29 is 19.4 Å². The van der Waals surface area contributed by atoms with Crippen molar-refractivity contribution in [1.82, 2.24) is 0 Å². The number of benzene rings is 3. The Bertz CT molecular complexity index is 1430.